The van der Waals surface area contributed by atoms with Crippen LogP contribution in [0.5, 0.6) is 11.5 Å². The van der Waals surface area contributed by atoms with Crippen LogP contribution in [-0.4, -0.2) is 61.8 Å². The molecule has 0 aliphatic carbocycles. The molecule has 0 spiro atoms. The van der Waals surface area contributed by atoms with Gasteiger partial charge in [0.2, 0.25) is 0 Å². The summed E-state index contributed by atoms with van der Waals surface area (Å²) in [6, 6.07) is 8.84. The molecule has 1 aromatic carbocycles. The van der Waals surface area contributed by atoms with E-state index in [4.69, 9.17) is 9.47 Å². The van der Waals surface area contributed by atoms with Crippen LogP contribution in [0, 0.1) is 11.7 Å². The Hall–Kier alpha value is -1.98. The number of pyridine rings is 1. The molecule has 9 heteroatoms. The maximum atomic E-state index is 14.5. The van der Waals surface area contributed by atoms with Crippen molar-refractivity contribution in [1.82, 2.24) is 20.5 Å². The van der Waals surface area contributed by atoms with Crippen molar-refractivity contribution in [2.45, 2.75) is 32.9 Å². The molecular formula is C24H35FIN5O2. The lowest BCUT2D eigenvalue weighted by molar-refractivity contribution is 0.0132. The van der Waals surface area contributed by atoms with E-state index in [1.165, 1.54) is 6.07 Å². The van der Waals surface area contributed by atoms with Crippen LogP contribution in [0.1, 0.15) is 25.8 Å². The van der Waals surface area contributed by atoms with Crippen LogP contribution in [0.15, 0.2) is 47.7 Å². The molecule has 0 bridgehead atoms. The summed E-state index contributed by atoms with van der Waals surface area (Å²) in [4.78, 5) is 10.8. The van der Waals surface area contributed by atoms with Crippen molar-refractivity contribution in [2.75, 3.05) is 39.9 Å². The van der Waals surface area contributed by atoms with Gasteiger partial charge in [0.05, 0.1) is 19.4 Å². The minimum absolute atomic E-state index is 0. The molecule has 1 aliphatic heterocycles. The second kappa shape index (κ2) is 14.3. The molecule has 1 atom stereocenters. The molecule has 0 saturated carbocycles. The summed E-state index contributed by atoms with van der Waals surface area (Å²) < 4.78 is 25.5. The smallest absolute Gasteiger partial charge is 0.191 e. The monoisotopic (exact) mass is 571 g/mol. The fourth-order valence-corrected chi connectivity index (χ4v) is 3.74. The fraction of sp³-hybridized carbons (Fsp3) is 0.500. The van der Waals surface area contributed by atoms with Crippen LogP contribution in [0.25, 0.3) is 0 Å². The second-order valence-corrected chi connectivity index (χ2v) is 8.29. The van der Waals surface area contributed by atoms with Gasteiger partial charge in [0.25, 0.3) is 0 Å². The van der Waals surface area contributed by atoms with E-state index in [0.29, 0.717) is 30.2 Å². The van der Waals surface area contributed by atoms with Crippen molar-refractivity contribution >= 4 is 29.9 Å². The summed E-state index contributed by atoms with van der Waals surface area (Å²) in [5.74, 6) is 1.56. The molecule has 7 nitrogen and oxygen atoms in total. The predicted molar refractivity (Wildman–Crippen MR) is 140 cm³/mol. The average molecular weight is 571 g/mol. The standard InChI is InChI=1S/C24H34FN5O2.HI/c1-18(2)13-20(30-9-11-31-12-10-30)16-29-24(26-3)28-15-19-6-7-23(22(25)14-19)32-21-5-4-8-27-17-21;/h4-8,14,17-18,20H,9-13,15-16H2,1-3H3,(H2,26,28,29);1H. The topological polar surface area (TPSA) is 71.0 Å². The zero-order valence-corrected chi connectivity index (χ0v) is 21.9. The van der Waals surface area contributed by atoms with Crippen LogP contribution >= 0.6 is 24.0 Å². The first-order valence-electron chi connectivity index (χ1n) is 11.2. The van der Waals surface area contributed by atoms with Crippen molar-refractivity contribution in [3.05, 3.63) is 54.1 Å². The second-order valence-electron chi connectivity index (χ2n) is 8.29. The van der Waals surface area contributed by atoms with Crippen molar-refractivity contribution in [3.8, 4) is 11.5 Å². The Kier molecular flexibility index (Phi) is 11.8. The number of guanidine groups is 1. The zero-order chi connectivity index (χ0) is 22.8. The Bertz CT molecular complexity index is 863. The molecule has 1 aromatic heterocycles. The van der Waals surface area contributed by atoms with E-state index in [1.54, 1.807) is 37.6 Å². The van der Waals surface area contributed by atoms with E-state index in [-0.39, 0.29) is 29.7 Å². The lowest BCUT2D eigenvalue weighted by Crippen LogP contribution is -2.50. The molecule has 0 radical (unpaired) electrons. The average Bonchev–Trinajstić information content (AvgIpc) is 2.81. The van der Waals surface area contributed by atoms with E-state index >= 15 is 0 Å². The summed E-state index contributed by atoms with van der Waals surface area (Å²) in [6.45, 7) is 9.23. The molecule has 1 saturated heterocycles. The van der Waals surface area contributed by atoms with E-state index in [2.05, 4.69) is 39.4 Å². The minimum atomic E-state index is -0.416. The molecule has 2 heterocycles. The lowest BCUT2D eigenvalue weighted by atomic mass is 10.0. The van der Waals surface area contributed by atoms with E-state index in [0.717, 1.165) is 44.8 Å². The lowest BCUT2D eigenvalue weighted by Gasteiger charge is -2.35. The first kappa shape index (κ1) is 27.3. The molecular weight excluding hydrogens is 536 g/mol. The molecule has 3 rings (SSSR count). The quantitative estimate of drug-likeness (QED) is 0.269. The van der Waals surface area contributed by atoms with Gasteiger partial charge in [0.1, 0.15) is 5.75 Å². The highest BCUT2D eigenvalue weighted by Gasteiger charge is 2.22. The van der Waals surface area contributed by atoms with Crippen LogP contribution in [0.4, 0.5) is 4.39 Å². The number of aliphatic imine (C=N–C) groups is 1. The highest BCUT2D eigenvalue weighted by Crippen LogP contribution is 2.24. The Labute approximate surface area is 213 Å². The number of morpholine rings is 1. The summed E-state index contributed by atoms with van der Waals surface area (Å²) in [7, 11) is 1.74. The first-order chi connectivity index (χ1) is 15.5. The normalized spacial score (nSPS) is 15.6. The Balaban J connectivity index is 0.00000385. The van der Waals surface area contributed by atoms with Gasteiger partial charge in [-0.25, -0.2) is 4.39 Å². The highest BCUT2D eigenvalue weighted by atomic mass is 127. The van der Waals surface area contributed by atoms with Gasteiger partial charge in [-0.15, -0.1) is 24.0 Å². The Morgan fingerprint density at radius 1 is 1.24 bits per heavy atom. The number of ether oxygens (including phenoxy) is 2. The van der Waals surface area contributed by atoms with Crippen molar-refractivity contribution in [1.29, 1.82) is 0 Å². The van der Waals surface area contributed by atoms with Crippen LogP contribution in [0.2, 0.25) is 0 Å². The molecule has 2 N–H and O–H groups in total. The van der Waals surface area contributed by atoms with Crippen LogP contribution < -0.4 is 15.4 Å². The molecule has 0 amide bonds. The van der Waals surface area contributed by atoms with Gasteiger partial charge in [0.15, 0.2) is 17.5 Å². The van der Waals surface area contributed by atoms with E-state index in [1.807, 2.05) is 6.07 Å². The molecule has 2 aromatic rings. The Morgan fingerprint density at radius 2 is 2.03 bits per heavy atom. The first-order valence-corrected chi connectivity index (χ1v) is 11.2. The third-order valence-corrected chi connectivity index (χ3v) is 5.35. The zero-order valence-electron chi connectivity index (χ0n) is 19.6. The molecule has 1 unspecified atom stereocenters. The van der Waals surface area contributed by atoms with Gasteiger partial charge >= 0.3 is 0 Å². The van der Waals surface area contributed by atoms with E-state index in [9.17, 15) is 4.39 Å². The van der Waals surface area contributed by atoms with Gasteiger partial charge in [-0.2, -0.15) is 0 Å². The minimum Gasteiger partial charge on any atom is -0.453 e. The number of rotatable bonds is 9. The largest absolute Gasteiger partial charge is 0.453 e. The van der Waals surface area contributed by atoms with Crippen molar-refractivity contribution < 1.29 is 13.9 Å². The maximum absolute atomic E-state index is 14.5. The predicted octanol–water partition coefficient (Wildman–Crippen LogP) is 4.04. The van der Waals surface area contributed by atoms with Gasteiger partial charge in [-0.3, -0.25) is 14.9 Å². The molecule has 182 valence electrons. The van der Waals surface area contributed by atoms with Gasteiger partial charge in [-0.1, -0.05) is 19.9 Å². The van der Waals surface area contributed by atoms with Gasteiger partial charge in [0, 0.05) is 45.5 Å². The number of nitrogens with one attached hydrogen (secondary N) is 2. The summed E-state index contributed by atoms with van der Waals surface area (Å²) in [5, 5.41) is 6.70. The summed E-state index contributed by atoms with van der Waals surface area (Å²) in [6.07, 6.45) is 4.30. The van der Waals surface area contributed by atoms with Crippen molar-refractivity contribution in [2.24, 2.45) is 10.9 Å². The number of benzene rings is 1. The maximum Gasteiger partial charge on any atom is 0.191 e. The van der Waals surface area contributed by atoms with Gasteiger partial charge < -0.3 is 20.1 Å². The fourth-order valence-electron chi connectivity index (χ4n) is 3.74. The number of hydrogen-bond acceptors (Lipinski definition) is 5. The van der Waals surface area contributed by atoms with Gasteiger partial charge in [-0.05, 0) is 42.2 Å². The van der Waals surface area contributed by atoms with Crippen LogP contribution in [0.3, 0.4) is 0 Å². The third-order valence-electron chi connectivity index (χ3n) is 5.35. The summed E-state index contributed by atoms with van der Waals surface area (Å²) in [5.41, 5.74) is 0.802. The number of hydrogen-bond donors (Lipinski definition) is 2. The highest BCUT2D eigenvalue weighted by molar-refractivity contribution is 14.0. The third kappa shape index (κ3) is 9.05. The van der Waals surface area contributed by atoms with Crippen molar-refractivity contribution in [3.63, 3.8) is 0 Å². The molecule has 1 fully saturated rings. The molecule has 1 aliphatic rings. The summed E-state index contributed by atoms with van der Waals surface area (Å²) >= 11 is 0. The molecule has 33 heavy (non-hydrogen) atoms. The SMILES string of the molecule is CN=C(NCc1ccc(Oc2cccnc2)c(F)c1)NCC(CC(C)C)N1CCOCC1.I. The number of aromatic nitrogens is 1. The van der Waals surface area contributed by atoms with Crippen LogP contribution in [-0.2, 0) is 11.3 Å². The number of nitrogens with zero attached hydrogens (tertiary/aromatic N) is 3. The Morgan fingerprint density at radius 3 is 2.67 bits per heavy atom. The van der Waals surface area contributed by atoms with E-state index < -0.39 is 5.82 Å². The number of halogens is 2.